The molecule has 4 heterocycles. The lowest BCUT2D eigenvalue weighted by molar-refractivity contribution is -0.385. The number of rotatable bonds is 13. The Balaban J connectivity index is 1.51. The summed E-state index contributed by atoms with van der Waals surface area (Å²) in [5.41, 5.74) is 0.498. The molecule has 0 radical (unpaired) electrons. The van der Waals surface area contributed by atoms with Crippen molar-refractivity contribution in [1.82, 2.24) is 40.5 Å². The summed E-state index contributed by atoms with van der Waals surface area (Å²) < 4.78 is 7.83. The van der Waals surface area contributed by atoms with E-state index in [0.717, 1.165) is 32.8 Å². The molecule has 21 nitrogen and oxygen atoms in total. The molecular formula is C54H73N9O12. The average molecular weight is 1040 g/mol. The number of aromatic hydroxyl groups is 1. The molecule has 3 aromatic rings. The Labute approximate surface area is 437 Å². The highest BCUT2D eigenvalue weighted by Gasteiger charge is 2.48. The van der Waals surface area contributed by atoms with Crippen LogP contribution in [0.3, 0.4) is 0 Å². The number of para-hydroxylation sites is 1. The summed E-state index contributed by atoms with van der Waals surface area (Å²) in [6, 6.07) is 1.46. The number of phenolic OH excluding ortho intramolecular Hbond substituents is 1. The molecule has 2 aromatic carbocycles. The van der Waals surface area contributed by atoms with E-state index in [-0.39, 0.29) is 62.0 Å². The number of aromatic nitrogens is 1. The van der Waals surface area contributed by atoms with Gasteiger partial charge in [-0.2, -0.15) is 0 Å². The van der Waals surface area contributed by atoms with E-state index in [1.165, 1.54) is 32.0 Å². The Morgan fingerprint density at radius 1 is 0.773 bits per heavy atom. The highest BCUT2D eigenvalue weighted by atomic mass is 16.6. The normalized spacial score (nSPS) is 26.1. The fourth-order valence-corrected chi connectivity index (χ4v) is 10.1. The van der Waals surface area contributed by atoms with Gasteiger partial charge in [-0.1, -0.05) is 71.0 Å². The van der Waals surface area contributed by atoms with Gasteiger partial charge in [0.2, 0.25) is 41.4 Å². The van der Waals surface area contributed by atoms with E-state index in [1.54, 1.807) is 26.0 Å². The number of amides is 8. The minimum atomic E-state index is -1.54. The maximum atomic E-state index is 15.4. The first-order chi connectivity index (χ1) is 35.3. The van der Waals surface area contributed by atoms with Crippen LogP contribution in [0, 0.1) is 27.9 Å². The Kier molecular flexibility index (Phi) is 18.0. The SMILES string of the molecule is C/C=C/CC1NC(=O)[C@H](CC(C)C)N2C(=O)C(C)C[C@@H](C2=O)N(C)C(=O)[C@H](C)NC(=O)[C@H](Cc2ccc(O)c([N+](=O)[O-])c2)NC(=O)[C@H](CC(C)C)N(C)C(=O)[C@H](Cc2cn(C(C)(C)C3CO3)c3ccccc23)NC1=O. The van der Waals surface area contributed by atoms with E-state index in [4.69, 9.17) is 4.74 Å². The number of carbonyl (C=O) groups excluding carboxylic acids is 8. The summed E-state index contributed by atoms with van der Waals surface area (Å²) in [5.74, 6) is -8.21. The number of nitrogens with zero attached hydrogens (tertiary/aromatic N) is 5. The predicted octanol–water partition coefficient (Wildman–Crippen LogP) is 3.62. The molecule has 3 saturated heterocycles. The molecule has 8 amide bonds. The summed E-state index contributed by atoms with van der Waals surface area (Å²) >= 11 is 0. The second kappa shape index (κ2) is 23.6. The highest BCUT2D eigenvalue weighted by molar-refractivity contribution is 6.07. The van der Waals surface area contributed by atoms with Gasteiger partial charge < -0.3 is 45.5 Å². The molecule has 75 heavy (non-hydrogen) atoms. The molecule has 0 aliphatic carbocycles. The van der Waals surface area contributed by atoms with Gasteiger partial charge in [-0.05, 0) is 88.5 Å². The number of carbonyl (C=O) groups is 8. The second-order valence-corrected chi connectivity index (χ2v) is 21.6. The Morgan fingerprint density at radius 3 is 2.00 bits per heavy atom. The lowest BCUT2D eigenvalue weighted by atomic mass is 9.89. The van der Waals surface area contributed by atoms with Gasteiger partial charge in [0.1, 0.15) is 48.4 Å². The van der Waals surface area contributed by atoms with E-state index in [0.29, 0.717) is 12.2 Å². The number of phenols is 1. The predicted molar refractivity (Wildman–Crippen MR) is 277 cm³/mol. The lowest BCUT2D eigenvalue weighted by Crippen LogP contribution is -2.65. The van der Waals surface area contributed by atoms with Crippen molar-refractivity contribution in [2.24, 2.45) is 17.8 Å². The molecule has 9 atom stereocenters. The van der Waals surface area contributed by atoms with Crippen LogP contribution >= 0.6 is 0 Å². The summed E-state index contributed by atoms with van der Waals surface area (Å²) in [4.78, 5) is 132. The standard InChI is InChI=1S/C54H73N9O12/c1-12-13-17-36-46(65)58-38(26-34-27-61(54(8,9)45-28-75-45)39-18-15-14-16-35(34)39)52(71)59(10)41(21-29(2)3)48(67)57-37(24-33-19-20-44(64)40(25-33)63(73)74)47(66)55-32(7)51(70)60(11)43-23-31(6)50(69)62(53(43)72)42(22-30(4)5)49(68)56-36/h12-16,18-20,25,27,29-32,36-38,41-43,45,64H,17,21-24,26,28H2,1-11H3,(H,55,66)(H,56,68)(H,57,67)(H,58,65)/b13-12+/t31?,32-,36?,37-,38-,41-,42-,43-,45?/m0/s1. The summed E-state index contributed by atoms with van der Waals surface area (Å²) in [6.07, 6.45) is 4.58. The van der Waals surface area contributed by atoms with E-state index < -0.39 is 117 Å². The van der Waals surface area contributed by atoms with Gasteiger partial charge in [0.05, 0.1) is 17.1 Å². The first kappa shape index (κ1) is 57.1. The zero-order valence-electron chi connectivity index (χ0n) is 44.7. The van der Waals surface area contributed by atoms with Gasteiger partial charge in [-0.3, -0.25) is 53.4 Å². The number of allylic oxidation sites excluding steroid dienone is 1. The quantitative estimate of drug-likeness (QED) is 0.0540. The fourth-order valence-electron chi connectivity index (χ4n) is 10.1. The number of nitro groups is 1. The maximum Gasteiger partial charge on any atom is 0.310 e. The third kappa shape index (κ3) is 12.9. The molecule has 5 N–H and O–H groups in total. The fraction of sp³-hybridized carbons (Fsp3) is 0.556. The Morgan fingerprint density at radius 2 is 1.37 bits per heavy atom. The number of likely N-dealkylation sites (N-methyl/N-ethyl adjacent to an activating group) is 2. The first-order valence-electron chi connectivity index (χ1n) is 25.7. The van der Waals surface area contributed by atoms with Crippen LogP contribution in [-0.2, 0) is 61.5 Å². The molecule has 3 fully saturated rings. The largest absolute Gasteiger partial charge is 0.502 e. The topological polar surface area (TPSA) is 275 Å². The molecule has 3 aliphatic heterocycles. The third-order valence-electron chi connectivity index (χ3n) is 14.5. The maximum absolute atomic E-state index is 15.4. The zero-order chi connectivity index (χ0) is 55.4. The number of nitrogens with one attached hydrogen (secondary N) is 4. The molecule has 1 aromatic heterocycles. The number of ether oxygens (including phenoxy) is 1. The van der Waals surface area contributed by atoms with E-state index >= 15 is 4.79 Å². The van der Waals surface area contributed by atoms with Crippen LogP contribution in [0.15, 0.2) is 60.8 Å². The Hall–Kier alpha value is -7.16. The van der Waals surface area contributed by atoms with Crippen molar-refractivity contribution >= 4 is 63.8 Å². The molecule has 406 valence electrons. The minimum absolute atomic E-state index is 0.00705. The number of fused-ring (bicyclic) bond motifs is 3. The number of nitro benzene ring substituents is 1. The van der Waals surface area contributed by atoms with Gasteiger partial charge in [-0.15, -0.1) is 0 Å². The monoisotopic (exact) mass is 1040 g/mol. The lowest BCUT2D eigenvalue weighted by Gasteiger charge is -2.42. The summed E-state index contributed by atoms with van der Waals surface area (Å²) in [5, 5.41) is 34.0. The minimum Gasteiger partial charge on any atom is -0.502 e. The molecule has 6 rings (SSSR count). The summed E-state index contributed by atoms with van der Waals surface area (Å²) in [6.45, 7) is 16.6. The van der Waals surface area contributed by atoms with Gasteiger partial charge in [0.25, 0.3) is 5.91 Å². The van der Waals surface area contributed by atoms with Crippen LogP contribution in [0.2, 0.25) is 0 Å². The van der Waals surface area contributed by atoms with Crippen LogP contribution < -0.4 is 21.3 Å². The van der Waals surface area contributed by atoms with Crippen LogP contribution in [-0.4, -0.2) is 146 Å². The van der Waals surface area contributed by atoms with Gasteiger partial charge >= 0.3 is 5.69 Å². The molecular weight excluding hydrogens is 967 g/mol. The van der Waals surface area contributed by atoms with Crippen molar-refractivity contribution in [3.8, 4) is 5.75 Å². The number of hydrogen-bond donors (Lipinski definition) is 5. The van der Waals surface area contributed by atoms with Gasteiger partial charge in [-0.25, -0.2) is 0 Å². The summed E-state index contributed by atoms with van der Waals surface area (Å²) in [7, 11) is 2.75. The van der Waals surface area contributed by atoms with Crippen molar-refractivity contribution in [3.63, 3.8) is 0 Å². The third-order valence-corrected chi connectivity index (χ3v) is 14.5. The van der Waals surface area contributed by atoms with Crippen LogP contribution in [0.4, 0.5) is 5.69 Å². The number of imide groups is 1. The van der Waals surface area contributed by atoms with Crippen LogP contribution in [0.25, 0.3) is 10.9 Å². The number of benzene rings is 2. The zero-order valence-corrected chi connectivity index (χ0v) is 44.7. The molecule has 2 bridgehead atoms. The first-order valence-corrected chi connectivity index (χ1v) is 25.7. The number of epoxide rings is 1. The second-order valence-electron chi connectivity index (χ2n) is 21.6. The molecule has 21 heteroatoms. The highest BCUT2D eigenvalue weighted by Crippen LogP contribution is 2.37. The number of piperidine rings is 1. The van der Waals surface area contributed by atoms with Crippen LogP contribution in [0.1, 0.15) is 99.1 Å². The van der Waals surface area contributed by atoms with Crippen molar-refractivity contribution < 1.29 is 53.1 Å². The number of hydrogen-bond acceptors (Lipinski definition) is 12. The van der Waals surface area contributed by atoms with Crippen molar-refractivity contribution in [2.75, 3.05) is 20.7 Å². The molecule has 0 spiro atoms. The van der Waals surface area contributed by atoms with Crippen molar-refractivity contribution in [2.45, 2.75) is 155 Å². The van der Waals surface area contributed by atoms with Crippen LogP contribution in [0.5, 0.6) is 5.75 Å². The average Bonchev–Trinajstić information content (AvgIpc) is 4.16. The molecule has 3 unspecified atom stereocenters. The van der Waals surface area contributed by atoms with E-state index in [2.05, 4.69) is 25.8 Å². The smallest absolute Gasteiger partial charge is 0.310 e. The van der Waals surface area contributed by atoms with Gasteiger partial charge in [0.15, 0.2) is 5.75 Å². The Bertz CT molecular complexity index is 2730. The molecule has 0 saturated carbocycles. The van der Waals surface area contributed by atoms with E-state index in [9.17, 15) is 48.8 Å². The van der Waals surface area contributed by atoms with Gasteiger partial charge in [0, 0.05) is 56.0 Å². The molecule has 3 aliphatic rings. The van der Waals surface area contributed by atoms with Crippen molar-refractivity contribution in [3.05, 3.63) is 82.1 Å². The van der Waals surface area contributed by atoms with E-state index in [1.807, 2.05) is 72.0 Å². The van der Waals surface area contributed by atoms with Crippen molar-refractivity contribution in [1.29, 1.82) is 0 Å².